The molecule has 0 saturated heterocycles. The fourth-order valence-corrected chi connectivity index (χ4v) is 2.35. The highest BCUT2D eigenvalue weighted by Crippen LogP contribution is 2.24. The Morgan fingerprint density at radius 1 is 1.21 bits per heavy atom. The second-order valence-electron chi connectivity index (χ2n) is 5.43. The number of amides is 2. The van der Waals surface area contributed by atoms with Crippen LogP contribution in [0, 0.1) is 17.0 Å². The van der Waals surface area contributed by atoms with E-state index in [9.17, 15) is 19.7 Å². The van der Waals surface area contributed by atoms with Crippen LogP contribution >= 0.6 is 23.8 Å². The summed E-state index contributed by atoms with van der Waals surface area (Å²) in [7, 11) is 0. The molecule has 2 rings (SSSR count). The number of thiocarbonyl (C=S) groups is 1. The molecule has 0 atom stereocenters. The van der Waals surface area contributed by atoms with Gasteiger partial charge in [0.05, 0.1) is 4.92 Å². The summed E-state index contributed by atoms with van der Waals surface area (Å²) in [4.78, 5) is 34.0. The van der Waals surface area contributed by atoms with Crippen molar-refractivity contribution in [3.05, 3.63) is 68.7 Å². The Labute approximate surface area is 170 Å². The Balaban J connectivity index is 1.82. The molecule has 0 aliphatic carbocycles. The van der Waals surface area contributed by atoms with E-state index in [-0.39, 0.29) is 22.3 Å². The first-order valence-corrected chi connectivity index (χ1v) is 8.59. The Morgan fingerprint density at radius 2 is 1.93 bits per heavy atom. The first-order valence-electron chi connectivity index (χ1n) is 7.80. The van der Waals surface area contributed by atoms with Gasteiger partial charge in [-0.2, -0.15) is 0 Å². The third-order valence-electron chi connectivity index (χ3n) is 3.40. The highest BCUT2D eigenvalue weighted by atomic mass is 35.5. The number of halogens is 1. The average Bonchev–Trinajstić information content (AvgIpc) is 2.65. The van der Waals surface area contributed by atoms with Gasteiger partial charge >= 0.3 is 0 Å². The molecule has 0 fully saturated rings. The molecule has 0 heterocycles. The minimum Gasteiger partial charge on any atom is -0.483 e. The van der Waals surface area contributed by atoms with E-state index in [1.54, 1.807) is 12.1 Å². The van der Waals surface area contributed by atoms with Gasteiger partial charge in [-0.1, -0.05) is 29.8 Å². The predicted molar refractivity (Wildman–Crippen MR) is 106 cm³/mol. The van der Waals surface area contributed by atoms with Gasteiger partial charge in [0.1, 0.15) is 10.8 Å². The van der Waals surface area contributed by atoms with E-state index >= 15 is 0 Å². The highest BCUT2D eigenvalue weighted by Gasteiger charge is 2.17. The zero-order valence-electron chi connectivity index (χ0n) is 14.5. The lowest BCUT2D eigenvalue weighted by Crippen LogP contribution is -2.49. The number of nitro benzene ring substituents is 1. The summed E-state index contributed by atoms with van der Waals surface area (Å²) < 4.78 is 5.37. The second kappa shape index (κ2) is 9.62. The molecule has 3 N–H and O–H groups in total. The van der Waals surface area contributed by atoms with Gasteiger partial charge in [-0.15, -0.1) is 0 Å². The standard InChI is InChI=1S/C17H15ClN4O5S/c1-10-4-2-3-5-14(10)27-9-15(23)20-21-17(28)19-16(24)11-6-7-12(18)13(8-11)22(25)26/h2-8H,9H2,1H3,(H,20,23)(H2,19,21,24,28). The van der Waals surface area contributed by atoms with Crippen molar-refractivity contribution in [3.63, 3.8) is 0 Å². The van der Waals surface area contributed by atoms with Crippen LogP contribution < -0.4 is 20.9 Å². The van der Waals surface area contributed by atoms with Crippen molar-refractivity contribution in [2.45, 2.75) is 6.92 Å². The van der Waals surface area contributed by atoms with Crippen LogP contribution in [0.3, 0.4) is 0 Å². The summed E-state index contributed by atoms with van der Waals surface area (Å²) in [5.41, 5.74) is 5.06. The number of carbonyl (C=O) groups is 2. The quantitative estimate of drug-likeness (QED) is 0.383. The number of carbonyl (C=O) groups excluding carboxylic acids is 2. The number of ether oxygens (including phenoxy) is 1. The largest absolute Gasteiger partial charge is 0.483 e. The van der Waals surface area contributed by atoms with Gasteiger partial charge in [0.15, 0.2) is 11.7 Å². The van der Waals surface area contributed by atoms with E-state index in [0.717, 1.165) is 11.6 Å². The van der Waals surface area contributed by atoms with Crippen molar-refractivity contribution in [1.29, 1.82) is 0 Å². The first-order chi connectivity index (χ1) is 13.3. The summed E-state index contributed by atoms with van der Waals surface area (Å²) in [5, 5.41) is 12.9. The molecule has 0 spiro atoms. The summed E-state index contributed by atoms with van der Waals surface area (Å²) in [6.45, 7) is 1.58. The molecule has 0 aliphatic heterocycles. The monoisotopic (exact) mass is 422 g/mol. The minimum absolute atomic E-state index is 0.0190. The molecule has 2 aromatic carbocycles. The SMILES string of the molecule is Cc1ccccc1OCC(=O)NNC(=S)NC(=O)c1ccc(Cl)c([N+](=O)[O-])c1. The lowest BCUT2D eigenvalue weighted by molar-refractivity contribution is -0.384. The van der Waals surface area contributed by atoms with Crippen molar-refractivity contribution in [2.24, 2.45) is 0 Å². The number of benzene rings is 2. The fraction of sp³-hybridized carbons (Fsp3) is 0.118. The van der Waals surface area contributed by atoms with Gasteiger partial charge in [0.25, 0.3) is 17.5 Å². The number of hydrogen-bond donors (Lipinski definition) is 3. The van der Waals surface area contributed by atoms with Gasteiger partial charge in [-0.05, 0) is 42.9 Å². The van der Waals surface area contributed by atoms with Crippen molar-refractivity contribution in [1.82, 2.24) is 16.2 Å². The van der Waals surface area contributed by atoms with Gasteiger partial charge in [0.2, 0.25) is 0 Å². The van der Waals surface area contributed by atoms with Crippen LogP contribution in [0.4, 0.5) is 5.69 Å². The molecule has 0 aromatic heterocycles. The lowest BCUT2D eigenvalue weighted by Gasteiger charge is -2.12. The molecule has 2 aromatic rings. The molecular formula is C17H15ClN4O5S. The number of hydrazine groups is 1. The lowest BCUT2D eigenvalue weighted by atomic mass is 10.2. The molecule has 0 radical (unpaired) electrons. The maximum Gasteiger partial charge on any atom is 0.288 e. The van der Waals surface area contributed by atoms with E-state index in [4.69, 9.17) is 28.6 Å². The number of nitrogens with one attached hydrogen (secondary N) is 3. The zero-order valence-corrected chi connectivity index (χ0v) is 16.1. The molecule has 0 unspecified atom stereocenters. The predicted octanol–water partition coefficient (Wildman–Crippen LogP) is 2.27. The first kappa shape index (κ1) is 21.1. The van der Waals surface area contributed by atoms with Crippen LogP contribution in [0.15, 0.2) is 42.5 Å². The fourth-order valence-electron chi connectivity index (χ4n) is 2.02. The van der Waals surface area contributed by atoms with E-state index in [1.165, 1.54) is 12.1 Å². The van der Waals surface area contributed by atoms with Crippen molar-refractivity contribution >= 4 is 46.4 Å². The Morgan fingerprint density at radius 3 is 2.61 bits per heavy atom. The summed E-state index contributed by atoms with van der Waals surface area (Å²) in [6, 6.07) is 10.8. The van der Waals surface area contributed by atoms with Crippen LogP contribution in [0.1, 0.15) is 15.9 Å². The topological polar surface area (TPSA) is 123 Å². The van der Waals surface area contributed by atoms with Crippen molar-refractivity contribution in [3.8, 4) is 5.75 Å². The number of nitro groups is 1. The number of rotatable bonds is 5. The van der Waals surface area contributed by atoms with Crippen LogP contribution in [0.25, 0.3) is 0 Å². The maximum atomic E-state index is 12.1. The zero-order chi connectivity index (χ0) is 20.7. The Hall–Kier alpha value is -3.24. The van der Waals surface area contributed by atoms with Gasteiger partial charge < -0.3 is 4.74 Å². The van der Waals surface area contributed by atoms with Crippen LogP contribution in [0.2, 0.25) is 5.02 Å². The molecule has 146 valence electrons. The molecule has 2 amide bonds. The van der Waals surface area contributed by atoms with Crippen LogP contribution in [-0.4, -0.2) is 28.5 Å². The summed E-state index contributed by atoms with van der Waals surface area (Å²) in [5.74, 6) is -0.664. The maximum absolute atomic E-state index is 12.1. The van der Waals surface area contributed by atoms with Gasteiger partial charge in [0, 0.05) is 11.6 Å². The van der Waals surface area contributed by atoms with E-state index in [2.05, 4.69) is 16.2 Å². The molecule has 28 heavy (non-hydrogen) atoms. The number of nitrogens with zero attached hydrogens (tertiary/aromatic N) is 1. The third-order valence-corrected chi connectivity index (χ3v) is 3.92. The van der Waals surface area contributed by atoms with E-state index in [1.807, 2.05) is 19.1 Å². The van der Waals surface area contributed by atoms with Gasteiger partial charge in [-0.3, -0.25) is 35.9 Å². The highest BCUT2D eigenvalue weighted by molar-refractivity contribution is 7.80. The van der Waals surface area contributed by atoms with Gasteiger partial charge in [-0.25, -0.2) is 0 Å². The average molecular weight is 423 g/mol. The molecule has 0 saturated carbocycles. The molecule has 0 bridgehead atoms. The van der Waals surface area contributed by atoms with Crippen molar-refractivity contribution < 1.29 is 19.2 Å². The molecular weight excluding hydrogens is 408 g/mol. The smallest absolute Gasteiger partial charge is 0.288 e. The Bertz CT molecular complexity index is 938. The second-order valence-corrected chi connectivity index (χ2v) is 6.25. The van der Waals surface area contributed by atoms with E-state index in [0.29, 0.717) is 5.75 Å². The van der Waals surface area contributed by atoms with Crippen LogP contribution in [-0.2, 0) is 4.79 Å². The van der Waals surface area contributed by atoms with Crippen molar-refractivity contribution in [2.75, 3.05) is 6.61 Å². The number of aryl methyl sites for hydroxylation is 1. The Kier molecular flexibility index (Phi) is 7.24. The third kappa shape index (κ3) is 5.89. The normalized spacial score (nSPS) is 9.93. The number of para-hydroxylation sites is 1. The van der Waals surface area contributed by atoms with E-state index < -0.39 is 22.4 Å². The molecule has 11 heteroatoms. The minimum atomic E-state index is -0.706. The summed E-state index contributed by atoms with van der Waals surface area (Å²) >= 11 is 10.6. The molecule has 9 nitrogen and oxygen atoms in total. The number of hydrogen-bond acceptors (Lipinski definition) is 6. The summed E-state index contributed by atoms with van der Waals surface area (Å²) in [6.07, 6.45) is 0. The molecule has 0 aliphatic rings. The van der Waals surface area contributed by atoms with Crippen LogP contribution in [0.5, 0.6) is 5.75 Å².